The van der Waals surface area contributed by atoms with Crippen LogP contribution in [0.4, 0.5) is 4.39 Å². The molecule has 4 heteroatoms. The molecule has 0 saturated carbocycles. The molecule has 0 bridgehead atoms. The quantitative estimate of drug-likeness (QED) is 0.767. The lowest BCUT2D eigenvalue weighted by Gasteiger charge is -2.25. The Kier molecular flexibility index (Phi) is 4.75. The minimum atomic E-state index is -0.448. The first kappa shape index (κ1) is 13.5. The van der Waals surface area contributed by atoms with E-state index in [0.717, 1.165) is 38.8 Å². The Balaban J connectivity index is 2.18. The molecule has 0 unspecified atom stereocenters. The van der Waals surface area contributed by atoms with Gasteiger partial charge in [-0.25, -0.2) is 4.39 Å². The molecular formula is C14H17BrFNO. The summed E-state index contributed by atoms with van der Waals surface area (Å²) in [6.07, 6.45) is 5.57. The maximum atomic E-state index is 13.8. The first-order chi connectivity index (χ1) is 8.70. The van der Waals surface area contributed by atoms with Gasteiger partial charge >= 0.3 is 0 Å². The number of halogens is 2. The minimum Gasteiger partial charge on any atom is -0.339 e. The highest BCUT2D eigenvalue weighted by Crippen LogP contribution is 2.22. The predicted molar refractivity (Wildman–Crippen MR) is 73.1 cm³/mol. The number of rotatable bonds is 1. The predicted octanol–water partition coefficient (Wildman–Crippen LogP) is 3.99. The van der Waals surface area contributed by atoms with Crippen molar-refractivity contribution >= 4 is 21.8 Å². The third-order valence-corrected chi connectivity index (χ3v) is 3.98. The Hall–Kier alpha value is -0.900. The third kappa shape index (κ3) is 3.10. The maximum Gasteiger partial charge on any atom is 0.257 e. The van der Waals surface area contributed by atoms with Crippen LogP contribution in [-0.2, 0) is 0 Å². The smallest absolute Gasteiger partial charge is 0.257 e. The largest absolute Gasteiger partial charge is 0.339 e. The molecule has 1 heterocycles. The van der Waals surface area contributed by atoms with Crippen LogP contribution in [0, 0.1) is 5.82 Å². The molecule has 1 aliphatic heterocycles. The van der Waals surface area contributed by atoms with Gasteiger partial charge in [-0.2, -0.15) is 0 Å². The fourth-order valence-electron chi connectivity index (χ4n) is 2.31. The zero-order valence-electron chi connectivity index (χ0n) is 10.3. The molecule has 2 nitrogen and oxygen atoms in total. The van der Waals surface area contributed by atoms with Crippen molar-refractivity contribution in [1.29, 1.82) is 0 Å². The van der Waals surface area contributed by atoms with Gasteiger partial charge in [0.15, 0.2) is 0 Å². The molecule has 0 radical (unpaired) electrons. The van der Waals surface area contributed by atoms with Gasteiger partial charge in [0.2, 0.25) is 0 Å². The van der Waals surface area contributed by atoms with Crippen molar-refractivity contribution < 1.29 is 9.18 Å². The SMILES string of the molecule is O=C(c1c(F)cccc1Br)N1CCCCCCC1. The monoisotopic (exact) mass is 313 g/mol. The number of carbonyl (C=O) groups excluding carboxylic acids is 1. The van der Waals surface area contributed by atoms with Crippen LogP contribution in [0.15, 0.2) is 22.7 Å². The number of carbonyl (C=O) groups is 1. The second-order valence-electron chi connectivity index (χ2n) is 4.66. The van der Waals surface area contributed by atoms with E-state index in [1.54, 1.807) is 17.0 Å². The van der Waals surface area contributed by atoms with Crippen LogP contribution in [0.2, 0.25) is 0 Å². The molecule has 1 aromatic rings. The van der Waals surface area contributed by atoms with Crippen LogP contribution in [0.1, 0.15) is 42.5 Å². The molecule has 0 aliphatic carbocycles. The second kappa shape index (κ2) is 6.32. The first-order valence-electron chi connectivity index (χ1n) is 6.43. The van der Waals surface area contributed by atoms with Crippen LogP contribution in [0.3, 0.4) is 0 Å². The topological polar surface area (TPSA) is 20.3 Å². The lowest BCUT2D eigenvalue weighted by Crippen LogP contribution is -2.34. The van der Waals surface area contributed by atoms with E-state index in [1.807, 2.05) is 0 Å². The molecule has 1 fully saturated rings. The molecule has 1 aliphatic rings. The summed E-state index contributed by atoms with van der Waals surface area (Å²) in [5.74, 6) is -0.640. The van der Waals surface area contributed by atoms with Gasteiger partial charge < -0.3 is 4.90 Å². The standard InChI is InChI=1S/C14H17BrFNO/c15-11-7-6-8-12(16)13(11)14(18)17-9-4-2-1-3-5-10-17/h6-8H,1-5,9-10H2. The molecule has 0 atom stereocenters. The Bertz CT molecular complexity index is 408. The van der Waals surface area contributed by atoms with Crippen molar-refractivity contribution in [2.24, 2.45) is 0 Å². The zero-order valence-corrected chi connectivity index (χ0v) is 11.9. The van der Waals surface area contributed by atoms with E-state index in [1.165, 1.54) is 12.5 Å². The number of hydrogen-bond acceptors (Lipinski definition) is 1. The summed E-state index contributed by atoms with van der Waals surface area (Å²) < 4.78 is 14.3. The van der Waals surface area contributed by atoms with Crippen molar-refractivity contribution in [3.05, 3.63) is 34.1 Å². The summed E-state index contributed by atoms with van der Waals surface area (Å²) in [6, 6.07) is 4.64. The number of nitrogens with zero attached hydrogens (tertiary/aromatic N) is 1. The summed E-state index contributed by atoms with van der Waals surface area (Å²) in [5, 5.41) is 0. The summed E-state index contributed by atoms with van der Waals surface area (Å²) in [5.41, 5.74) is 0.165. The van der Waals surface area contributed by atoms with Crippen molar-refractivity contribution in [3.63, 3.8) is 0 Å². The first-order valence-corrected chi connectivity index (χ1v) is 7.23. The van der Waals surface area contributed by atoms with E-state index in [0.29, 0.717) is 4.47 Å². The van der Waals surface area contributed by atoms with Crippen LogP contribution in [0.25, 0.3) is 0 Å². The molecule has 1 amide bonds. The highest BCUT2D eigenvalue weighted by atomic mass is 79.9. The van der Waals surface area contributed by atoms with Crippen molar-refractivity contribution in [3.8, 4) is 0 Å². The van der Waals surface area contributed by atoms with Gasteiger partial charge in [0.05, 0.1) is 5.56 Å². The average Bonchev–Trinajstić information content (AvgIpc) is 2.27. The summed E-state index contributed by atoms with van der Waals surface area (Å²) >= 11 is 3.26. The second-order valence-corrected chi connectivity index (χ2v) is 5.51. The summed E-state index contributed by atoms with van der Waals surface area (Å²) in [4.78, 5) is 14.1. The summed E-state index contributed by atoms with van der Waals surface area (Å²) in [7, 11) is 0. The molecule has 1 aromatic carbocycles. The Morgan fingerprint density at radius 1 is 1.11 bits per heavy atom. The highest BCUT2D eigenvalue weighted by Gasteiger charge is 2.21. The van der Waals surface area contributed by atoms with Crippen LogP contribution < -0.4 is 0 Å². The highest BCUT2D eigenvalue weighted by molar-refractivity contribution is 9.10. The van der Waals surface area contributed by atoms with E-state index in [9.17, 15) is 9.18 Å². The van der Waals surface area contributed by atoms with Crippen LogP contribution >= 0.6 is 15.9 Å². The maximum absolute atomic E-state index is 13.8. The molecule has 0 spiro atoms. The number of benzene rings is 1. The zero-order chi connectivity index (χ0) is 13.0. The van der Waals surface area contributed by atoms with Gasteiger partial charge in [0, 0.05) is 17.6 Å². The number of amides is 1. The normalized spacial score (nSPS) is 17.1. The molecule has 1 saturated heterocycles. The minimum absolute atomic E-state index is 0.165. The van der Waals surface area contributed by atoms with E-state index < -0.39 is 5.82 Å². The average molecular weight is 314 g/mol. The van der Waals surface area contributed by atoms with Gasteiger partial charge in [-0.3, -0.25) is 4.79 Å². The molecule has 98 valence electrons. The van der Waals surface area contributed by atoms with Gasteiger partial charge in [0.1, 0.15) is 5.82 Å². The van der Waals surface area contributed by atoms with E-state index in [-0.39, 0.29) is 11.5 Å². The fraction of sp³-hybridized carbons (Fsp3) is 0.500. The molecule has 2 rings (SSSR count). The van der Waals surface area contributed by atoms with E-state index in [2.05, 4.69) is 15.9 Å². The van der Waals surface area contributed by atoms with Crippen LogP contribution in [0.5, 0.6) is 0 Å². The molecule has 0 aromatic heterocycles. The third-order valence-electron chi connectivity index (χ3n) is 3.32. The fourth-order valence-corrected chi connectivity index (χ4v) is 2.82. The lowest BCUT2D eigenvalue weighted by atomic mass is 10.1. The molecule has 18 heavy (non-hydrogen) atoms. The van der Waals surface area contributed by atoms with Crippen molar-refractivity contribution in [2.45, 2.75) is 32.1 Å². The number of likely N-dealkylation sites (tertiary alicyclic amines) is 1. The van der Waals surface area contributed by atoms with Crippen LogP contribution in [-0.4, -0.2) is 23.9 Å². The van der Waals surface area contributed by atoms with E-state index in [4.69, 9.17) is 0 Å². The van der Waals surface area contributed by atoms with Gasteiger partial charge in [-0.1, -0.05) is 25.3 Å². The lowest BCUT2D eigenvalue weighted by molar-refractivity contribution is 0.0736. The van der Waals surface area contributed by atoms with Gasteiger partial charge in [-0.05, 0) is 40.9 Å². The number of hydrogen-bond donors (Lipinski definition) is 0. The molecular weight excluding hydrogens is 297 g/mol. The van der Waals surface area contributed by atoms with Crippen molar-refractivity contribution in [1.82, 2.24) is 4.90 Å². The molecule has 0 N–H and O–H groups in total. The van der Waals surface area contributed by atoms with Gasteiger partial charge in [0.25, 0.3) is 5.91 Å². The van der Waals surface area contributed by atoms with Crippen molar-refractivity contribution in [2.75, 3.05) is 13.1 Å². The Morgan fingerprint density at radius 2 is 1.72 bits per heavy atom. The van der Waals surface area contributed by atoms with E-state index >= 15 is 0 Å². The Morgan fingerprint density at radius 3 is 2.33 bits per heavy atom. The Labute approximate surface area is 115 Å². The van der Waals surface area contributed by atoms with Gasteiger partial charge in [-0.15, -0.1) is 0 Å². The summed E-state index contributed by atoms with van der Waals surface area (Å²) in [6.45, 7) is 1.47.